The van der Waals surface area contributed by atoms with Gasteiger partial charge in [-0.05, 0) is 60.9 Å². The second-order valence-corrected chi connectivity index (χ2v) is 6.48. The van der Waals surface area contributed by atoms with Crippen LogP contribution in [0.1, 0.15) is 31.8 Å². The summed E-state index contributed by atoms with van der Waals surface area (Å²) >= 11 is 0. The van der Waals surface area contributed by atoms with E-state index in [9.17, 15) is 14.0 Å². The fraction of sp³-hybridized carbons (Fsp3) is 0.130. The standard InChI is InChI=1S/C23H21FN2O2/c1-16-7-10-19(15-21(16)26-23(28)18-5-3-2-4-6-18)22(27)25-14-13-17-8-11-20(24)12-9-17/h2-12,15H,13-14H2,1H3,(H,25,27)(H,26,28). The van der Waals surface area contributed by atoms with Gasteiger partial charge in [-0.1, -0.05) is 36.4 Å². The first-order valence-electron chi connectivity index (χ1n) is 9.02. The highest BCUT2D eigenvalue weighted by molar-refractivity contribution is 6.05. The molecule has 28 heavy (non-hydrogen) atoms. The third kappa shape index (κ3) is 5.04. The van der Waals surface area contributed by atoms with E-state index in [-0.39, 0.29) is 17.6 Å². The average Bonchev–Trinajstić information content (AvgIpc) is 2.71. The molecule has 0 aliphatic heterocycles. The second-order valence-electron chi connectivity index (χ2n) is 6.48. The summed E-state index contributed by atoms with van der Waals surface area (Å²) in [4.78, 5) is 24.8. The van der Waals surface area contributed by atoms with E-state index in [0.717, 1.165) is 11.1 Å². The van der Waals surface area contributed by atoms with Gasteiger partial charge in [-0.2, -0.15) is 0 Å². The van der Waals surface area contributed by atoms with E-state index in [0.29, 0.717) is 29.8 Å². The van der Waals surface area contributed by atoms with E-state index in [2.05, 4.69) is 10.6 Å². The van der Waals surface area contributed by atoms with Crippen molar-refractivity contribution in [2.45, 2.75) is 13.3 Å². The Bertz CT molecular complexity index is 970. The van der Waals surface area contributed by atoms with Gasteiger partial charge < -0.3 is 10.6 Å². The number of aryl methyl sites for hydroxylation is 1. The summed E-state index contributed by atoms with van der Waals surface area (Å²) in [5, 5.41) is 5.70. The molecule has 0 radical (unpaired) electrons. The fourth-order valence-electron chi connectivity index (χ4n) is 2.76. The average molecular weight is 376 g/mol. The van der Waals surface area contributed by atoms with Crippen molar-refractivity contribution in [3.63, 3.8) is 0 Å². The van der Waals surface area contributed by atoms with Crippen LogP contribution in [0.4, 0.5) is 10.1 Å². The van der Waals surface area contributed by atoms with Crippen LogP contribution in [-0.2, 0) is 6.42 Å². The highest BCUT2D eigenvalue weighted by atomic mass is 19.1. The van der Waals surface area contributed by atoms with E-state index in [4.69, 9.17) is 0 Å². The van der Waals surface area contributed by atoms with Crippen LogP contribution in [0.3, 0.4) is 0 Å². The monoisotopic (exact) mass is 376 g/mol. The van der Waals surface area contributed by atoms with Crippen LogP contribution in [0.2, 0.25) is 0 Å². The molecule has 0 fully saturated rings. The molecule has 3 aromatic carbocycles. The van der Waals surface area contributed by atoms with Gasteiger partial charge in [-0.25, -0.2) is 4.39 Å². The van der Waals surface area contributed by atoms with E-state index in [1.54, 1.807) is 54.6 Å². The number of amides is 2. The zero-order valence-corrected chi connectivity index (χ0v) is 15.5. The molecule has 0 spiro atoms. The largest absolute Gasteiger partial charge is 0.352 e. The number of hydrogen-bond donors (Lipinski definition) is 2. The van der Waals surface area contributed by atoms with Crippen LogP contribution in [0.25, 0.3) is 0 Å². The SMILES string of the molecule is Cc1ccc(C(=O)NCCc2ccc(F)cc2)cc1NC(=O)c1ccccc1. The third-order valence-corrected chi connectivity index (χ3v) is 4.40. The molecule has 0 unspecified atom stereocenters. The number of rotatable bonds is 6. The summed E-state index contributed by atoms with van der Waals surface area (Å²) in [7, 11) is 0. The number of carbonyl (C=O) groups is 2. The minimum Gasteiger partial charge on any atom is -0.352 e. The molecular weight excluding hydrogens is 355 g/mol. The van der Waals surface area contributed by atoms with Crippen molar-refractivity contribution in [3.05, 3.63) is 101 Å². The van der Waals surface area contributed by atoms with Gasteiger partial charge >= 0.3 is 0 Å². The van der Waals surface area contributed by atoms with Crippen LogP contribution < -0.4 is 10.6 Å². The zero-order valence-electron chi connectivity index (χ0n) is 15.5. The molecule has 2 amide bonds. The van der Waals surface area contributed by atoms with Gasteiger partial charge in [-0.15, -0.1) is 0 Å². The summed E-state index contributed by atoms with van der Waals surface area (Å²) in [5.41, 5.74) is 3.43. The third-order valence-electron chi connectivity index (χ3n) is 4.40. The van der Waals surface area contributed by atoms with E-state index in [1.165, 1.54) is 12.1 Å². The molecule has 0 aromatic heterocycles. The van der Waals surface area contributed by atoms with Gasteiger partial charge in [0.15, 0.2) is 0 Å². The highest BCUT2D eigenvalue weighted by Crippen LogP contribution is 2.18. The van der Waals surface area contributed by atoms with Crippen LogP contribution in [0.5, 0.6) is 0 Å². The Hall–Kier alpha value is -3.47. The molecule has 0 saturated heterocycles. The Labute approximate surface area is 163 Å². The van der Waals surface area contributed by atoms with Gasteiger partial charge in [0.2, 0.25) is 0 Å². The molecular formula is C23H21FN2O2. The maximum absolute atomic E-state index is 12.9. The normalized spacial score (nSPS) is 10.4. The molecule has 0 atom stereocenters. The summed E-state index contributed by atoms with van der Waals surface area (Å²) in [5.74, 6) is -0.729. The minimum atomic E-state index is -0.280. The number of nitrogens with one attached hydrogen (secondary N) is 2. The molecule has 3 rings (SSSR count). The molecule has 0 bridgehead atoms. The Kier molecular flexibility index (Phi) is 6.17. The first kappa shape index (κ1) is 19.3. The highest BCUT2D eigenvalue weighted by Gasteiger charge is 2.11. The molecule has 0 aliphatic rings. The molecule has 0 heterocycles. The van der Waals surface area contributed by atoms with Crippen molar-refractivity contribution in [1.29, 1.82) is 0 Å². The Balaban J connectivity index is 1.62. The van der Waals surface area contributed by atoms with E-state index < -0.39 is 0 Å². The first-order valence-corrected chi connectivity index (χ1v) is 9.02. The lowest BCUT2D eigenvalue weighted by Gasteiger charge is -2.11. The van der Waals surface area contributed by atoms with Crippen LogP contribution >= 0.6 is 0 Å². The van der Waals surface area contributed by atoms with Crippen LogP contribution in [0.15, 0.2) is 72.8 Å². The van der Waals surface area contributed by atoms with Crippen molar-refractivity contribution in [2.75, 3.05) is 11.9 Å². The van der Waals surface area contributed by atoms with Crippen molar-refractivity contribution >= 4 is 17.5 Å². The van der Waals surface area contributed by atoms with Gasteiger partial charge in [0.05, 0.1) is 0 Å². The van der Waals surface area contributed by atoms with Crippen LogP contribution in [0, 0.1) is 12.7 Å². The fourth-order valence-corrected chi connectivity index (χ4v) is 2.76. The summed E-state index contributed by atoms with van der Waals surface area (Å²) in [6.45, 7) is 2.31. The molecule has 3 aromatic rings. The van der Waals surface area contributed by atoms with Crippen molar-refractivity contribution in [3.8, 4) is 0 Å². The molecule has 4 nitrogen and oxygen atoms in total. The maximum atomic E-state index is 12.9. The smallest absolute Gasteiger partial charge is 0.255 e. The molecule has 2 N–H and O–H groups in total. The molecule has 0 aliphatic carbocycles. The molecule has 5 heteroatoms. The summed E-state index contributed by atoms with van der Waals surface area (Å²) in [6, 6.07) is 20.3. The molecule has 0 saturated carbocycles. The Morgan fingerprint density at radius 3 is 2.29 bits per heavy atom. The second kappa shape index (κ2) is 8.95. The number of benzene rings is 3. The zero-order chi connectivity index (χ0) is 19.9. The van der Waals surface area contributed by atoms with Crippen LogP contribution in [-0.4, -0.2) is 18.4 Å². The van der Waals surface area contributed by atoms with Gasteiger partial charge in [0, 0.05) is 23.4 Å². The lowest BCUT2D eigenvalue weighted by molar-refractivity contribution is 0.0952. The predicted octanol–water partition coefficient (Wildman–Crippen LogP) is 4.36. The number of anilines is 1. The topological polar surface area (TPSA) is 58.2 Å². The minimum absolute atomic E-state index is 0.224. The lowest BCUT2D eigenvalue weighted by Crippen LogP contribution is -2.26. The van der Waals surface area contributed by atoms with Gasteiger partial charge in [-0.3, -0.25) is 9.59 Å². The van der Waals surface area contributed by atoms with E-state index >= 15 is 0 Å². The Morgan fingerprint density at radius 1 is 0.857 bits per heavy atom. The summed E-state index contributed by atoms with van der Waals surface area (Å²) < 4.78 is 12.9. The predicted molar refractivity (Wildman–Crippen MR) is 108 cm³/mol. The van der Waals surface area contributed by atoms with Gasteiger partial charge in [0.25, 0.3) is 11.8 Å². The number of halogens is 1. The maximum Gasteiger partial charge on any atom is 0.255 e. The Morgan fingerprint density at radius 2 is 1.57 bits per heavy atom. The number of hydrogen-bond acceptors (Lipinski definition) is 2. The first-order chi connectivity index (χ1) is 13.5. The number of carbonyl (C=O) groups excluding carboxylic acids is 2. The lowest BCUT2D eigenvalue weighted by atomic mass is 10.1. The van der Waals surface area contributed by atoms with Crippen molar-refractivity contribution < 1.29 is 14.0 Å². The summed E-state index contributed by atoms with van der Waals surface area (Å²) in [6.07, 6.45) is 0.607. The van der Waals surface area contributed by atoms with E-state index in [1.807, 2.05) is 13.0 Å². The van der Waals surface area contributed by atoms with Crippen molar-refractivity contribution in [2.24, 2.45) is 0 Å². The quantitative estimate of drug-likeness (QED) is 0.672. The molecule has 142 valence electrons. The van der Waals surface area contributed by atoms with Gasteiger partial charge in [0.1, 0.15) is 5.82 Å². The van der Waals surface area contributed by atoms with Crippen molar-refractivity contribution in [1.82, 2.24) is 5.32 Å².